The maximum absolute atomic E-state index is 11.0. The van der Waals surface area contributed by atoms with Gasteiger partial charge < -0.3 is 10.6 Å². The third-order valence-corrected chi connectivity index (χ3v) is 4.92. The van der Waals surface area contributed by atoms with Gasteiger partial charge in [-0.1, -0.05) is 24.4 Å². The highest BCUT2D eigenvalue weighted by molar-refractivity contribution is 6.33. The van der Waals surface area contributed by atoms with Crippen molar-refractivity contribution in [3.05, 3.63) is 28.9 Å². The Morgan fingerprint density at radius 1 is 1.46 bits per heavy atom. The van der Waals surface area contributed by atoms with Crippen molar-refractivity contribution in [2.45, 2.75) is 37.6 Å². The zero-order valence-corrected chi connectivity index (χ0v) is 16.7. The second kappa shape index (κ2) is 10.3. The molecule has 0 spiro atoms. The van der Waals surface area contributed by atoms with Gasteiger partial charge in [0.15, 0.2) is 0 Å². The first-order valence-corrected chi connectivity index (χ1v) is 8.75. The van der Waals surface area contributed by atoms with E-state index < -0.39 is 5.91 Å². The predicted octanol–water partition coefficient (Wildman–Crippen LogP) is 3.43. The monoisotopic (exact) mass is 422 g/mol. The molecular formula is C17H25Cl3N4O2. The van der Waals surface area contributed by atoms with Crippen LogP contribution in [0, 0.1) is 5.92 Å². The lowest BCUT2D eigenvalue weighted by atomic mass is 9.85. The number of anilines is 1. The van der Waals surface area contributed by atoms with Gasteiger partial charge in [-0.15, -0.1) is 24.8 Å². The number of hydrogen-bond acceptors (Lipinski definition) is 5. The summed E-state index contributed by atoms with van der Waals surface area (Å²) in [6.45, 7) is 1.99. The van der Waals surface area contributed by atoms with Crippen molar-refractivity contribution >= 4 is 54.2 Å². The van der Waals surface area contributed by atoms with E-state index in [1.165, 1.54) is 18.9 Å². The van der Waals surface area contributed by atoms with Crippen LogP contribution in [0.25, 0.3) is 6.08 Å². The molecular weight excluding hydrogens is 399 g/mol. The maximum atomic E-state index is 11.0. The van der Waals surface area contributed by atoms with Crippen molar-refractivity contribution in [2.24, 2.45) is 5.92 Å². The lowest BCUT2D eigenvalue weighted by molar-refractivity contribution is -0.124. The van der Waals surface area contributed by atoms with Gasteiger partial charge in [-0.25, -0.2) is 10.5 Å². The number of nitrogens with one attached hydrogen (secondary N) is 3. The van der Waals surface area contributed by atoms with E-state index in [4.69, 9.17) is 16.8 Å². The summed E-state index contributed by atoms with van der Waals surface area (Å²) in [7, 11) is 0. The van der Waals surface area contributed by atoms with Crippen LogP contribution < -0.4 is 16.1 Å². The molecule has 1 saturated carbocycles. The summed E-state index contributed by atoms with van der Waals surface area (Å²) in [6.07, 6.45) is 10.5. The highest BCUT2D eigenvalue weighted by Gasteiger charge is 2.38. The zero-order chi connectivity index (χ0) is 17.0. The number of halogens is 3. The van der Waals surface area contributed by atoms with Gasteiger partial charge in [0.05, 0.1) is 10.6 Å². The Morgan fingerprint density at radius 2 is 2.23 bits per heavy atom. The molecule has 146 valence electrons. The third-order valence-electron chi connectivity index (χ3n) is 4.63. The molecule has 6 nitrogen and oxygen atoms in total. The van der Waals surface area contributed by atoms with Crippen LogP contribution in [0.2, 0.25) is 5.02 Å². The lowest BCUT2D eigenvalue weighted by Crippen LogP contribution is -2.51. The topological polar surface area (TPSA) is 86.3 Å². The van der Waals surface area contributed by atoms with E-state index in [2.05, 4.69) is 15.6 Å². The van der Waals surface area contributed by atoms with E-state index in [1.807, 2.05) is 0 Å². The van der Waals surface area contributed by atoms with Crippen molar-refractivity contribution < 1.29 is 10.0 Å². The van der Waals surface area contributed by atoms with E-state index in [1.54, 1.807) is 23.8 Å². The summed E-state index contributed by atoms with van der Waals surface area (Å²) in [5, 5.41) is 16.1. The molecule has 2 heterocycles. The molecule has 3 rings (SSSR count). The zero-order valence-electron chi connectivity index (χ0n) is 14.3. The van der Waals surface area contributed by atoms with E-state index in [-0.39, 0.29) is 30.4 Å². The summed E-state index contributed by atoms with van der Waals surface area (Å²) >= 11 is 6.38. The number of hydroxylamine groups is 1. The van der Waals surface area contributed by atoms with Gasteiger partial charge in [-0.05, 0) is 49.4 Å². The quantitative estimate of drug-likeness (QED) is 0.320. The molecule has 0 unspecified atom stereocenters. The summed E-state index contributed by atoms with van der Waals surface area (Å²) in [4.78, 5) is 15.5. The summed E-state index contributed by atoms with van der Waals surface area (Å²) < 4.78 is 0. The average Bonchev–Trinajstić information content (AvgIpc) is 3.39. The molecule has 1 aromatic heterocycles. The minimum atomic E-state index is -0.593. The Hall–Kier alpha value is -1.05. The van der Waals surface area contributed by atoms with Crippen LogP contribution in [-0.2, 0) is 4.79 Å². The molecule has 1 saturated heterocycles. The molecule has 1 amide bonds. The van der Waals surface area contributed by atoms with Crippen LogP contribution >= 0.6 is 36.4 Å². The normalized spacial score (nSPS) is 22.2. The van der Waals surface area contributed by atoms with Crippen molar-refractivity contribution in [1.29, 1.82) is 0 Å². The molecule has 2 aliphatic rings. The largest absolute Gasteiger partial charge is 0.362 e. The van der Waals surface area contributed by atoms with Gasteiger partial charge in [0.2, 0.25) is 0 Å². The van der Waals surface area contributed by atoms with Gasteiger partial charge in [0.1, 0.15) is 5.82 Å². The SMILES string of the molecule is Cl.Cl.O=C(/C=C/c1cnc(N[C@@]2(CC3CC3)CCCNC2)c(Cl)c1)NO. The van der Waals surface area contributed by atoms with Crippen LogP contribution in [0.4, 0.5) is 5.82 Å². The van der Waals surface area contributed by atoms with Crippen LogP contribution in [-0.4, -0.2) is 34.7 Å². The second-order valence-electron chi connectivity index (χ2n) is 6.74. The molecule has 2 fully saturated rings. The van der Waals surface area contributed by atoms with E-state index in [9.17, 15) is 4.79 Å². The first kappa shape index (κ1) is 23.0. The number of amides is 1. The fraction of sp³-hybridized carbons (Fsp3) is 0.529. The lowest BCUT2D eigenvalue weighted by Gasteiger charge is -2.39. The Labute approximate surface area is 170 Å². The number of carbonyl (C=O) groups is 1. The number of carbonyl (C=O) groups excluding carboxylic acids is 1. The number of piperidine rings is 1. The van der Waals surface area contributed by atoms with Crippen molar-refractivity contribution in [2.75, 3.05) is 18.4 Å². The van der Waals surface area contributed by atoms with Crippen LogP contribution in [0.1, 0.15) is 37.7 Å². The molecule has 0 radical (unpaired) electrons. The Balaban J connectivity index is 0.00000169. The molecule has 1 aliphatic carbocycles. The van der Waals surface area contributed by atoms with Crippen molar-refractivity contribution in [3.63, 3.8) is 0 Å². The van der Waals surface area contributed by atoms with Gasteiger partial charge in [-0.3, -0.25) is 10.0 Å². The fourth-order valence-electron chi connectivity index (χ4n) is 3.27. The molecule has 9 heteroatoms. The van der Waals surface area contributed by atoms with Gasteiger partial charge in [0.25, 0.3) is 5.91 Å². The van der Waals surface area contributed by atoms with Crippen LogP contribution in [0.3, 0.4) is 0 Å². The molecule has 1 aromatic rings. The molecule has 1 aliphatic heterocycles. The van der Waals surface area contributed by atoms with Crippen LogP contribution in [0.15, 0.2) is 18.3 Å². The van der Waals surface area contributed by atoms with Gasteiger partial charge in [0, 0.05) is 18.8 Å². The maximum Gasteiger partial charge on any atom is 0.267 e. The summed E-state index contributed by atoms with van der Waals surface area (Å²) in [5.74, 6) is 0.908. The predicted molar refractivity (Wildman–Crippen MR) is 109 cm³/mol. The van der Waals surface area contributed by atoms with Gasteiger partial charge >= 0.3 is 0 Å². The number of rotatable bonds is 6. The van der Waals surface area contributed by atoms with E-state index in [0.29, 0.717) is 16.4 Å². The fourth-order valence-corrected chi connectivity index (χ4v) is 3.49. The Bertz CT molecular complexity index is 632. The molecule has 26 heavy (non-hydrogen) atoms. The number of nitrogens with zero attached hydrogens (tertiary/aromatic N) is 1. The van der Waals surface area contributed by atoms with Crippen LogP contribution in [0.5, 0.6) is 0 Å². The Kier molecular flexibility index (Phi) is 9.13. The number of pyridine rings is 1. The minimum absolute atomic E-state index is 0. The van der Waals surface area contributed by atoms with E-state index >= 15 is 0 Å². The smallest absolute Gasteiger partial charge is 0.267 e. The average molecular weight is 424 g/mol. The second-order valence-corrected chi connectivity index (χ2v) is 7.15. The Morgan fingerprint density at radius 3 is 2.81 bits per heavy atom. The standard InChI is InChI=1S/C17H23ClN4O2.2ClH/c18-14-8-13(4-5-15(23)22-24)10-20-16(14)21-17(9-12-2-3-12)6-1-7-19-11-17;;/h4-5,8,10,12,19,24H,1-3,6-7,9,11H2,(H,20,21)(H,22,23);2*1H/b5-4+;;/t17-;;/m1../s1. The highest BCUT2D eigenvalue weighted by Crippen LogP contribution is 2.40. The molecule has 0 aromatic carbocycles. The first-order chi connectivity index (χ1) is 11.6. The minimum Gasteiger partial charge on any atom is -0.362 e. The molecule has 0 bridgehead atoms. The van der Waals surface area contributed by atoms with Crippen molar-refractivity contribution in [1.82, 2.24) is 15.8 Å². The third kappa shape index (κ3) is 6.28. The number of aromatic nitrogens is 1. The molecule has 4 N–H and O–H groups in total. The van der Waals surface area contributed by atoms with E-state index in [0.717, 1.165) is 38.3 Å². The molecule has 1 atom stereocenters. The summed E-state index contributed by atoms with van der Waals surface area (Å²) in [5.41, 5.74) is 2.27. The highest BCUT2D eigenvalue weighted by atomic mass is 35.5. The number of hydrogen-bond donors (Lipinski definition) is 4. The van der Waals surface area contributed by atoms with Crippen molar-refractivity contribution in [3.8, 4) is 0 Å². The van der Waals surface area contributed by atoms with Gasteiger partial charge in [-0.2, -0.15) is 0 Å². The summed E-state index contributed by atoms with van der Waals surface area (Å²) in [6, 6.07) is 1.76. The first-order valence-electron chi connectivity index (χ1n) is 8.37.